The fourth-order valence-electron chi connectivity index (χ4n) is 3.10. The first-order valence-electron chi connectivity index (χ1n) is 8.08. The number of fused-ring (bicyclic) bond motifs is 3. The monoisotopic (exact) mass is 338 g/mol. The molecule has 6 heteroatoms. The summed E-state index contributed by atoms with van der Waals surface area (Å²) in [7, 11) is 0. The predicted octanol–water partition coefficient (Wildman–Crippen LogP) is 4.03. The Bertz CT molecular complexity index is 932. The summed E-state index contributed by atoms with van der Waals surface area (Å²) in [5.74, 6) is 1.70. The molecule has 0 bridgehead atoms. The van der Waals surface area contributed by atoms with Crippen LogP contribution in [0.5, 0.6) is 5.75 Å². The summed E-state index contributed by atoms with van der Waals surface area (Å²) in [6, 6.07) is 7.11. The molecule has 2 heterocycles. The molecule has 0 atom stereocenters. The van der Waals surface area contributed by atoms with Crippen LogP contribution in [0, 0.1) is 6.92 Å². The lowest BCUT2D eigenvalue weighted by Gasteiger charge is -2.11. The summed E-state index contributed by atoms with van der Waals surface area (Å²) in [6.45, 7) is 1.90. The van der Waals surface area contributed by atoms with Crippen LogP contribution in [0.1, 0.15) is 34.7 Å². The maximum atomic E-state index is 9.81. The van der Waals surface area contributed by atoms with Gasteiger partial charge in [0.25, 0.3) is 0 Å². The van der Waals surface area contributed by atoms with Crippen molar-refractivity contribution in [2.75, 3.05) is 5.43 Å². The number of aryl methyl sites for hydroxylation is 3. The van der Waals surface area contributed by atoms with E-state index in [2.05, 4.69) is 20.5 Å². The maximum absolute atomic E-state index is 9.81. The van der Waals surface area contributed by atoms with E-state index < -0.39 is 0 Å². The number of phenolic OH excluding ortho intramolecular Hbond substituents is 1. The van der Waals surface area contributed by atoms with E-state index in [1.54, 1.807) is 29.7 Å². The Balaban J connectivity index is 1.71. The third-order valence-electron chi connectivity index (χ3n) is 4.24. The second-order valence-electron chi connectivity index (χ2n) is 5.94. The van der Waals surface area contributed by atoms with E-state index in [4.69, 9.17) is 0 Å². The number of aromatic hydroxyl groups is 1. The number of anilines is 1. The zero-order chi connectivity index (χ0) is 16.5. The highest BCUT2D eigenvalue weighted by Crippen LogP contribution is 2.38. The van der Waals surface area contributed by atoms with Gasteiger partial charge in [-0.1, -0.05) is 12.1 Å². The van der Waals surface area contributed by atoms with Crippen LogP contribution in [0.25, 0.3) is 10.2 Å². The van der Waals surface area contributed by atoms with E-state index >= 15 is 0 Å². The van der Waals surface area contributed by atoms with Gasteiger partial charge in [0, 0.05) is 10.4 Å². The smallest absolute Gasteiger partial charge is 0.158 e. The van der Waals surface area contributed by atoms with Crippen molar-refractivity contribution in [3.05, 3.63) is 46.1 Å². The first kappa shape index (κ1) is 15.1. The molecule has 2 N–H and O–H groups in total. The molecule has 3 aromatic rings. The molecule has 0 radical (unpaired) electrons. The van der Waals surface area contributed by atoms with Gasteiger partial charge in [-0.25, -0.2) is 9.97 Å². The number of benzene rings is 1. The van der Waals surface area contributed by atoms with E-state index in [-0.39, 0.29) is 5.75 Å². The standard InChI is InChI=1S/C18H18N4OS/c1-11-20-17(22-19-10-12-6-2-4-8-14(12)23)16-13-7-3-5-9-15(13)24-18(16)21-11/h2,4,6,8,10,23H,3,5,7,9H2,1H3,(H,20,21,22)/b19-10-. The highest BCUT2D eigenvalue weighted by Gasteiger charge is 2.20. The third-order valence-corrected chi connectivity index (χ3v) is 5.42. The third kappa shape index (κ3) is 2.73. The first-order valence-corrected chi connectivity index (χ1v) is 8.90. The van der Waals surface area contributed by atoms with Crippen molar-refractivity contribution in [1.82, 2.24) is 9.97 Å². The molecule has 5 nitrogen and oxygen atoms in total. The Labute approximate surface area is 144 Å². The van der Waals surface area contributed by atoms with Crippen molar-refractivity contribution in [1.29, 1.82) is 0 Å². The van der Waals surface area contributed by atoms with Crippen LogP contribution in [-0.4, -0.2) is 21.3 Å². The minimum atomic E-state index is 0.208. The van der Waals surface area contributed by atoms with Crippen molar-refractivity contribution in [2.24, 2.45) is 5.10 Å². The molecule has 1 aliphatic rings. The van der Waals surface area contributed by atoms with Gasteiger partial charge in [0.2, 0.25) is 0 Å². The van der Waals surface area contributed by atoms with E-state index in [0.29, 0.717) is 5.56 Å². The molecule has 122 valence electrons. The molecule has 0 unspecified atom stereocenters. The maximum Gasteiger partial charge on any atom is 0.158 e. The quantitative estimate of drug-likeness (QED) is 0.559. The number of para-hydroxylation sites is 1. The van der Waals surface area contributed by atoms with E-state index in [9.17, 15) is 5.11 Å². The van der Waals surface area contributed by atoms with Gasteiger partial charge < -0.3 is 5.11 Å². The fraction of sp³-hybridized carbons (Fsp3) is 0.278. The Hall–Kier alpha value is -2.47. The molecule has 0 aliphatic heterocycles. The Kier molecular flexibility index (Phi) is 3.90. The van der Waals surface area contributed by atoms with Gasteiger partial charge in [-0.3, -0.25) is 5.43 Å². The van der Waals surface area contributed by atoms with Gasteiger partial charge in [-0.2, -0.15) is 5.10 Å². The number of phenols is 1. The Morgan fingerprint density at radius 1 is 1.21 bits per heavy atom. The second kappa shape index (κ2) is 6.20. The first-order chi connectivity index (χ1) is 11.7. The molecular formula is C18H18N4OS. The SMILES string of the molecule is Cc1nc(N/N=C\c2ccccc2O)c2c3c(sc2n1)CCCC3. The molecule has 0 saturated heterocycles. The summed E-state index contributed by atoms with van der Waals surface area (Å²) in [4.78, 5) is 11.6. The van der Waals surface area contributed by atoms with Crippen LogP contribution in [0.2, 0.25) is 0 Å². The number of nitrogens with zero attached hydrogens (tertiary/aromatic N) is 3. The van der Waals surface area contributed by atoms with Crippen LogP contribution in [0.4, 0.5) is 5.82 Å². The van der Waals surface area contributed by atoms with Crippen LogP contribution in [-0.2, 0) is 12.8 Å². The molecule has 1 aliphatic carbocycles. The van der Waals surface area contributed by atoms with Crippen LogP contribution in [0.3, 0.4) is 0 Å². The highest BCUT2D eigenvalue weighted by atomic mass is 32.1. The minimum absolute atomic E-state index is 0.208. The lowest BCUT2D eigenvalue weighted by Crippen LogP contribution is -2.02. The van der Waals surface area contributed by atoms with Crippen molar-refractivity contribution in [3.63, 3.8) is 0 Å². The molecule has 0 fully saturated rings. The molecule has 0 spiro atoms. The Morgan fingerprint density at radius 2 is 2.04 bits per heavy atom. The molecule has 1 aromatic carbocycles. The minimum Gasteiger partial charge on any atom is -0.507 e. The predicted molar refractivity (Wildman–Crippen MR) is 98.1 cm³/mol. The molecule has 0 amide bonds. The average molecular weight is 338 g/mol. The molecule has 2 aromatic heterocycles. The number of rotatable bonds is 3. The highest BCUT2D eigenvalue weighted by molar-refractivity contribution is 7.19. The van der Waals surface area contributed by atoms with Crippen LogP contribution < -0.4 is 5.43 Å². The fourth-order valence-corrected chi connectivity index (χ4v) is 4.41. The van der Waals surface area contributed by atoms with Gasteiger partial charge in [0.15, 0.2) is 5.82 Å². The van der Waals surface area contributed by atoms with Crippen molar-refractivity contribution in [3.8, 4) is 5.75 Å². The Morgan fingerprint density at radius 3 is 2.92 bits per heavy atom. The number of nitrogens with one attached hydrogen (secondary N) is 1. The number of aromatic nitrogens is 2. The molecule has 0 saturated carbocycles. The molecule has 4 rings (SSSR count). The topological polar surface area (TPSA) is 70.4 Å². The van der Waals surface area contributed by atoms with Crippen molar-refractivity contribution >= 4 is 33.6 Å². The zero-order valence-electron chi connectivity index (χ0n) is 13.4. The molecule has 24 heavy (non-hydrogen) atoms. The summed E-state index contributed by atoms with van der Waals surface area (Å²) in [6.07, 6.45) is 6.29. The summed E-state index contributed by atoms with van der Waals surface area (Å²) < 4.78 is 0. The number of hydrogen-bond acceptors (Lipinski definition) is 6. The van der Waals surface area contributed by atoms with E-state index in [1.165, 1.54) is 23.3 Å². The molecular weight excluding hydrogens is 320 g/mol. The van der Waals surface area contributed by atoms with E-state index in [1.807, 2.05) is 19.1 Å². The largest absolute Gasteiger partial charge is 0.507 e. The normalized spacial score (nSPS) is 14.2. The van der Waals surface area contributed by atoms with Crippen molar-refractivity contribution < 1.29 is 5.11 Å². The summed E-state index contributed by atoms with van der Waals surface area (Å²) >= 11 is 1.78. The van der Waals surface area contributed by atoms with Crippen LogP contribution >= 0.6 is 11.3 Å². The van der Waals surface area contributed by atoms with Crippen molar-refractivity contribution in [2.45, 2.75) is 32.6 Å². The van der Waals surface area contributed by atoms with Gasteiger partial charge in [-0.15, -0.1) is 11.3 Å². The van der Waals surface area contributed by atoms with Crippen LogP contribution in [0.15, 0.2) is 29.4 Å². The van der Waals surface area contributed by atoms with Gasteiger partial charge in [0.05, 0.1) is 11.6 Å². The zero-order valence-corrected chi connectivity index (χ0v) is 14.2. The number of hydrogen-bond donors (Lipinski definition) is 2. The number of hydrazone groups is 1. The van der Waals surface area contributed by atoms with Gasteiger partial charge in [-0.05, 0) is 50.3 Å². The van der Waals surface area contributed by atoms with E-state index in [0.717, 1.165) is 34.7 Å². The van der Waals surface area contributed by atoms with Gasteiger partial charge in [0.1, 0.15) is 16.4 Å². The lowest BCUT2D eigenvalue weighted by atomic mass is 9.97. The number of thiophene rings is 1. The average Bonchev–Trinajstić information content (AvgIpc) is 2.94. The second-order valence-corrected chi connectivity index (χ2v) is 7.02. The van der Waals surface area contributed by atoms with Gasteiger partial charge >= 0.3 is 0 Å². The summed E-state index contributed by atoms with van der Waals surface area (Å²) in [5.41, 5.74) is 5.10. The summed E-state index contributed by atoms with van der Waals surface area (Å²) in [5, 5.41) is 15.2. The lowest BCUT2D eigenvalue weighted by molar-refractivity contribution is 0.474.